The van der Waals surface area contributed by atoms with Crippen molar-refractivity contribution < 1.29 is 14.6 Å². The lowest BCUT2D eigenvalue weighted by Crippen LogP contribution is -1.99. The molecule has 0 aliphatic heterocycles. The van der Waals surface area contributed by atoms with E-state index in [-0.39, 0.29) is 11.4 Å². The minimum absolute atomic E-state index is 0.0403. The van der Waals surface area contributed by atoms with Gasteiger partial charge in [0.1, 0.15) is 11.4 Å². The van der Waals surface area contributed by atoms with Crippen LogP contribution in [0.2, 0.25) is 0 Å². The Hall–Kier alpha value is -2.53. The van der Waals surface area contributed by atoms with Crippen LogP contribution in [-0.2, 0) is 0 Å². The van der Waals surface area contributed by atoms with Gasteiger partial charge in [0, 0.05) is 6.07 Å². The summed E-state index contributed by atoms with van der Waals surface area (Å²) < 4.78 is 6.60. The number of hydrazone groups is 1. The second-order valence-electron chi connectivity index (χ2n) is 4.60. The van der Waals surface area contributed by atoms with Gasteiger partial charge in [-0.2, -0.15) is 5.10 Å². The molecule has 0 radical (unpaired) electrons. The van der Waals surface area contributed by atoms with Crippen LogP contribution < -0.4 is 10.2 Å². The van der Waals surface area contributed by atoms with Crippen molar-refractivity contribution in [2.45, 2.75) is 0 Å². The maximum Gasteiger partial charge on any atom is 0.301 e. The Morgan fingerprint density at radius 3 is 2.28 bits per heavy atom. The Kier molecular flexibility index (Phi) is 6.04. The number of benzene rings is 2. The third-order valence-electron chi connectivity index (χ3n) is 3.01. The van der Waals surface area contributed by atoms with Crippen molar-refractivity contribution in [3.8, 4) is 5.75 Å². The maximum atomic E-state index is 11.1. The average molecular weight is 474 g/mol. The van der Waals surface area contributed by atoms with Crippen molar-refractivity contribution in [1.82, 2.24) is 0 Å². The van der Waals surface area contributed by atoms with E-state index in [9.17, 15) is 20.2 Å². The van der Waals surface area contributed by atoms with Crippen LogP contribution in [0.3, 0.4) is 0 Å². The highest BCUT2D eigenvalue weighted by molar-refractivity contribution is 9.11. The predicted octanol–water partition coefficient (Wildman–Crippen LogP) is 4.48. The van der Waals surface area contributed by atoms with Crippen LogP contribution in [0.25, 0.3) is 0 Å². The van der Waals surface area contributed by atoms with Crippen molar-refractivity contribution in [3.05, 3.63) is 65.1 Å². The summed E-state index contributed by atoms with van der Waals surface area (Å²) in [5.74, 6) is 0.621. The molecule has 2 rings (SSSR count). The smallest absolute Gasteiger partial charge is 0.301 e. The molecule has 0 saturated carbocycles. The first-order valence-corrected chi connectivity index (χ1v) is 8.17. The summed E-state index contributed by atoms with van der Waals surface area (Å²) in [5, 5.41) is 25.7. The molecule has 130 valence electrons. The number of methoxy groups -OCH3 is 1. The normalized spacial score (nSPS) is 10.7. The second-order valence-corrected chi connectivity index (χ2v) is 6.31. The third-order valence-corrected chi connectivity index (χ3v) is 4.19. The average Bonchev–Trinajstić information content (AvgIpc) is 2.54. The number of rotatable bonds is 6. The standard InChI is InChI=1S/C14H10Br2N4O5/c1-25-14-10(15)4-8(5-11(14)16)7-17-18-12-3-2-9(19(21)22)6-13(12)20(23)24/h2-7,18H,1H3/b17-7-. The Bertz CT molecular complexity index is 849. The number of non-ortho nitro benzene ring substituents is 1. The third kappa shape index (κ3) is 4.51. The van der Waals surface area contributed by atoms with Gasteiger partial charge < -0.3 is 4.74 Å². The molecule has 0 fully saturated rings. The van der Waals surface area contributed by atoms with E-state index in [0.717, 1.165) is 12.1 Å². The summed E-state index contributed by atoms with van der Waals surface area (Å²) in [6.07, 6.45) is 1.44. The molecule has 2 aromatic carbocycles. The van der Waals surface area contributed by atoms with Crippen LogP contribution in [-0.4, -0.2) is 23.2 Å². The Morgan fingerprint density at radius 2 is 1.76 bits per heavy atom. The van der Waals surface area contributed by atoms with Crippen LogP contribution >= 0.6 is 31.9 Å². The number of ether oxygens (including phenoxy) is 1. The van der Waals surface area contributed by atoms with Crippen molar-refractivity contribution >= 4 is 55.1 Å². The highest BCUT2D eigenvalue weighted by Gasteiger charge is 2.19. The highest BCUT2D eigenvalue weighted by atomic mass is 79.9. The largest absolute Gasteiger partial charge is 0.494 e. The van der Waals surface area contributed by atoms with E-state index in [1.807, 2.05) is 0 Å². The van der Waals surface area contributed by atoms with Crippen LogP contribution in [0.1, 0.15) is 5.56 Å². The highest BCUT2D eigenvalue weighted by Crippen LogP contribution is 2.34. The molecule has 2 aromatic rings. The lowest BCUT2D eigenvalue weighted by atomic mass is 10.2. The van der Waals surface area contributed by atoms with Crippen molar-refractivity contribution in [2.75, 3.05) is 12.5 Å². The molecule has 0 amide bonds. The molecule has 0 spiro atoms. The van der Waals surface area contributed by atoms with E-state index >= 15 is 0 Å². The molecule has 11 heteroatoms. The molecule has 0 aromatic heterocycles. The number of nitro benzene ring substituents is 2. The van der Waals surface area contributed by atoms with Gasteiger partial charge >= 0.3 is 5.69 Å². The summed E-state index contributed by atoms with van der Waals surface area (Å²) in [7, 11) is 1.54. The summed E-state index contributed by atoms with van der Waals surface area (Å²) in [4.78, 5) is 20.4. The van der Waals surface area contributed by atoms with Gasteiger partial charge in [0.2, 0.25) is 0 Å². The zero-order valence-electron chi connectivity index (χ0n) is 12.6. The lowest BCUT2D eigenvalue weighted by molar-refractivity contribution is -0.393. The van der Waals surface area contributed by atoms with E-state index in [0.29, 0.717) is 20.3 Å². The molecular weight excluding hydrogens is 464 g/mol. The second kappa shape index (κ2) is 8.03. The molecule has 0 aliphatic rings. The number of halogens is 2. The van der Waals surface area contributed by atoms with Gasteiger partial charge in [-0.15, -0.1) is 0 Å². The first kappa shape index (κ1) is 18.8. The summed E-state index contributed by atoms with van der Waals surface area (Å²) in [6.45, 7) is 0. The molecule has 0 heterocycles. The topological polar surface area (TPSA) is 120 Å². The van der Waals surface area contributed by atoms with Crippen molar-refractivity contribution in [2.24, 2.45) is 5.10 Å². The zero-order chi connectivity index (χ0) is 18.6. The van der Waals surface area contributed by atoms with Crippen molar-refractivity contribution in [1.29, 1.82) is 0 Å². The number of anilines is 1. The molecule has 0 bridgehead atoms. The summed E-state index contributed by atoms with van der Waals surface area (Å²) in [6, 6.07) is 6.76. The first-order chi connectivity index (χ1) is 11.8. The summed E-state index contributed by atoms with van der Waals surface area (Å²) >= 11 is 6.71. The molecular formula is C14H10Br2N4O5. The minimum Gasteiger partial charge on any atom is -0.494 e. The van der Waals surface area contributed by atoms with E-state index in [2.05, 4.69) is 42.4 Å². The fraction of sp³-hybridized carbons (Fsp3) is 0.0714. The van der Waals surface area contributed by atoms with Gasteiger partial charge in [0.05, 0.1) is 38.2 Å². The summed E-state index contributed by atoms with van der Waals surface area (Å²) in [5.41, 5.74) is 2.44. The van der Waals surface area contributed by atoms with Gasteiger partial charge in [-0.05, 0) is 55.6 Å². The number of hydrogen-bond donors (Lipinski definition) is 1. The van der Waals surface area contributed by atoms with Gasteiger partial charge in [-0.3, -0.25) is 25.7 Å². The molecule has 0 saturated heterocycles. The Labute approximate surface area is 158 Å². The zero-order valence-corrected chi connectivity index (χ0v) is 15.8. The Balaban J connectivity index is 2.25. The number of nitrogens with one attached hydrogen (secondary N) is 1. The first-order valence-electron chi connectivity index (χ1n) is 6.58. The molecule has 0 unspecified atom stereocenters. The number of nitrogens with zero attached hydrogens (tertiary/aromatic N) is 3. The number of hydrogen-bond acceptors (Lipinski definition) is 7. The van der Waals surface area contributed by atoms with Gasteiger partial charge in [-0.25, -0.2) is 0 Å². The van der Waals surface area contributed by atoms with Crippen LogP contribution in [0.5, 0.6) is 5.75 Å². The minimum atomic E-state index is -0.717. The Morgan fingerprint density at radius 1 is 1.12 bits per heavy atom. The van der Waals surface area contributed by atoms with E-state index in [1.165, 1.54) is 19.4 Å². The van der Waals surface area contributed by atoms with E-state index in [4.69, 9.17) is 4.74 Å². The predicted molar refractivity (Wildman–Crippen MR) is 99.4 cm³/mol. The van der Waals surface area contributed by atoms with Crippen LogP contribution in [0, 0.1) is 20.2 Å². The van der Waals surface area contributed by atoms with Gasteiger partial charge in [0.25, 0.3) is 5.69 Å². The monoisotopic (exact) mass is 472 g/mol. The fourth-order valence-electron chi connectivity index (χ4n) is 1.90. The van der Waals surface area contributed by atoms with Crippen LogP contribution in [0.15, 0.2) is 44.4 Å². The van der Waals surface area contributed by atoms with E-state index < -0.39 is 15.5 Å². The lowest BCUT2D eigenvalue weighted by Gasteiger charge is -2.07. The fourth-order valence-corrected chi connectivity index (χ4v) is 3.45. The molecule has 0 atom stereocenters. The van der Waals surface area contributed by atoms with Crippen molar-refractivity contribution in [3.63, 3.8) is 0 Å². The van der Waals surface area contributed by atoms with Crippen LogP contribution in [0.4, 0.5) is 17.1 Å². The van der Waals surface area contributed by atoms with Gasteiger partial charge in [-0.1, -0.05) is 0 Å². The maximum absolute atomic E-state index is 11.1. The molecule has 0 aliphatic carbocycles. The SMILES string of the molecule is COc1c(Br)cc(/C=N\Nc2ccc([N+](=O)[O-])cc2[N+](=O)[O-])cc1Br. The van der Waals surface area contributed by atoms with Gasteiger partial charge in [0.15, 0.2) is 0 Å². The molecule has 1 N–H and O–H groups in total. The van der Waals surface area contributed by atoms with E-state index in [1.54, 1.807) is 12.1 Å². The quantitative estimate of drug-likeness (QED) is 0.375. The molecule has 9 nitrogen and oxygen atoms in total. The number of nitro groups is 2. The molecule has 25 heavy (non-hydrogen) atoms.